The quantitative estimate of drug-likeness (QED) is 0.911. The van der Waals surface area contributed by atoms with Crippen molar-refractivity contribution in [3.05, 3.63) is 30.0 Å². The van der Waals surface area contributed by atoms with E-state index in [4.69, 9.17) is 9.72 Å². The van der Waals surface area contributed by atoms with E-state index in [0.29, 0.717) is 17.4 Å². The van der Waals surface area contributed by atoms with Crippen LogP contribution in [0.1, 0.15) is 60.6 Å². The molecule has 3 heterocycles. The van der Waals surface area contributed by atoms with Gasteiger partial charge in [-0.05, 0) is 31.7 Å². The van der Waals surface area contributed by atoms with Gasteiger partial charge in [-0.25, -0.2) is 15.0 Å². The van der Waals surface area contributed by atoms with E-state index in [-0.39, 0.29) is 11.9 Å². The number of hydrogen-bond acceptors (Lipinski definition) is 5. The lowest BCUT2D eigenvalue weighted by atomic mass is 9.95. The first kappa shape index (κ1) is 17.1. The molecule has 2 aliphatic rings. The Balaban J connectivity index is 1.67. The van der Waals surface area contributed by atoms with Crippen LogP contribution in [-0.2, 0) is 11.8 Å². The fourth-order valence-corrected chi connectivity index (χ4v) is 3.80. The van der Waals surface area contributed by atoms with E-state index in [1.807, 2.05) is 17.7 Å². The lowest BCUT2D eigenvalue weighted by Gasteiger charge is -2.22. The summed E-state index contributed by atoms with van der Waals surface area (Å²) in [5.41, 5.74) is 2.19. The Hall–Kier alpha value is -2.28. The molecule has 1 amide bonds. The number of aromatic nitrogens is 4. The number of nitrogens with one attached hydrogen (secondary N) is 1. The topological polar surface area (TPSA) is 81.9 Å². The molecule has 1 saturated carbocycles. The van der Waals surface area contributed by atoms with Crippen molar-refractivity contribution >= 4 is 5.91 Å². The van der Waals surface area contributed by atoms with Crippen LogP contribution in [0.4, 0.5) is 0 Å². The predicted molar refractivity (Wildman–Crippen MR) is 96.8 cm³/mol. The molecule has 1 N–H and O–H groups in total. The molecule has 2 aromatic heterocycles. The summed E-state index contributed by atoms with van der Waals surface area (Å²) in [7, 11) is 1.91. The Morgan fingerprint density at radius 2 is 1.96 bits per heavy atom. The van der Waals surface area contributed by atoms with Crippen LogP contribution in [0.5, 0.6) is 0 Å². The van der Waals surface area contributed by atoms with Gasteiger partial charge in [-0.1, -0.05) is 12.8 Å². The largest absolute Gasteiger partial charge is 0.381 e. The summed E-state index contributed by atoms with van der Waals surface area (Å²) in [5.74, 6) is 0.762. The summed E-state index contributed by atoms with van der Waals surface area (Å²) in [6.07, 6.45) is 9.78. The van der Waals surface area contributed by atoms with Crippen molar-refractivity contribution < 1.29 is 9.53 Å². The second-order valence-corrected chi connectivity index (χ2v) is 7.23. The van der Waals surface area contributed by atoms with Crippen molar-refractivity contribution in [3.63, 3.8) is 0 Å². The maximum absolute atomic E-state index is 12.8. The number of hydrogen-bond donors (Lipinski definition) is 1. The maximum Gasteiger partial charge on any atom is 0.270 e. The van der Waals surface area contributed by atoms with Crippen molar-refractivity contribution in [1.29, 1.82) is 0 Å². The highest BCUT2D eigenvalue weighted by Crippen LogP contribution is 2.28. The first-order valence-electron chi connectivity index (χ1n) is 9.45. The van der Waals surface area contributed by atoms with Crippen molar-refractivity contribution in [2.75, 3.05) is 13.2 Å². The lowest BCUT2D eigenvalue weighted by Crippen LogP contribution is -2.33. The summed E-state index contributed by atoms with van der Waals surface area (Å²) in [4.78, 5) is 26.3. The van der Waals surface area contributed by atoms with E-state index in [1.54, 1.807) is 12.5 Å². The first-order chi connectivity index (χ1) is 12.7. The smallest absolute Gasteiger partial charge is 0.270 e. The van der Waals surface area contributed by atoms with Gasteiger partial charge in [-0.3, -0.25) is 4.79 Å². The highest BCUT2D eigenvalue weighted by atomic mass is 16.5. The van der Waals surface area contributed by atoms with Crippen LogP contribution in [0.25, 0.3) is 11.5 Å². The Labute approximate surface area is 153 Å². The third-order valence-corrected chi connectivity index (χ3v) is 5.35. The van der Waals surface area contributed by atoms with Crippen LogP contribution >= 0.6 is 0 Å². The summed E-state index contributed by atoms with van der Waals surface area (Å²) >= 11 is 0. The number of ether oxygens (including phenoxy) is 1. The summed E-state index contributed by atoms with van der Waals surface area (Å²) in [6.45, 7) is 1.47. The summed E-state index contributed by atoms with van der Waals surface area (Å²) in [6, 6.07) is 2.13. The second-order valence-electron chi connectivity index (χ2n) is 7.23. The van der Waals surface area contributed by atoms with E-state index in [9.17, 15) is 4.79 Å². The molecule has 1 aliphatic carbocycles. The van der Waals surface area contributed by atoms with E-state index < -0.39 is 0 Å². The minimum Gasteiger partial charge on any atom is -0.381 e. The van der Waals surface area contributed by atoms with Crippen molar-refractivity contribution in [2.24, 2.45) is 7.05 Å². The van der Waals surface area contributed by atoms with Crippen LogP contribution in [0.2, 0.25) is 0 Å². The number of aryl methyl sites for hydroxylation is 1. The van der Waals surface area contributed by atoms with Gasteiger partial charge in [0.05, 0.1) is 12.5 Å². The molecule has 1 saturated heterocycles. The normalized spacial score (nSPS) is 19.0. The third-order valence-electron chi connectivity index (χ3n) is 5.35. The van der Waals surface area contributed by atoms with Gasteiger partial charge in [-0.15, -0.1) is 0 Å². The maximum atomic E-state index is 12.8. The molecule has 4 rings (SSSR count). The summed E-state index contributed by atoms with van der Waals surface area (Å²) < 4.78 is 7.35. The number of amides is 1. The molecule has 138 valence electrons. The average molecular weight is 355 g/mol. The Morgan fingerprint density at radius 1 is 1.19 bits per heavy atom. The van der Waals surface area contributed by atoms with Gasteiger partial charge in [0.1, 0.15) is 11.4 Å². The molecule has 1 aliphatic heterocycles. The average Bonchev–Trinajstić information content (AvgIpc) is 3.33. The van der Waals surface area contributed by atoms with Gasteiger partial charge in [-0.2, -0.15) is 0 Å². The molecule has 7 heteroatoms. The third kappa shape index (κ3) is 3.62. The number of rotatable bonds is 4. The monoisotopic (exact) mass is 355 g/mol. The molecule has 0 bridgehead atoms. The van der Waals surface area contributed by atoms with Gasteiger partial charge in [0.15, 0.2) is 5.82 Å². The lowest BCUT2D eigenvalue weighted by molar-refractivity contribution is 0.0844. The second kappa shape index (κ2) is 7.53. The van der Waals surface area contributed by atoms with Gasteiger partial charge in [0.2, 0.25) is 0 Å². The SMILES string of the molecule is Cn1cncc1-c1nc(C(=O)NC2CCCC2)cc(C2CCOCC2)n1. The molecule has 0 spiro atoms. The number of nitrogens with zero attached hydrogens (tertiary/aromatic N) is 4. The van der Waals surface area contributed by atoms with Crippen LogP contribution in [0.3, 0.4) is 0 Å². The molecule has 0 aromatic carbocycles. The molecule has 7 nitrogen and oxygen atoms in total. The molecule has 2 aromatic rings. The van der Waals surface area contributed by atoms with Crippen LogP contribution in [-0.4, -0.2) is 44.7 Å². The minimum atomic E-state index is -0.101. The van der Waals surface area contributed by atoms with Crippen molar-refractivity contribution in [2.45, 2.75) is 50.5 Å². The predicted octanol–water partition coefficient (Wildman–Crippen LogP) is 2.44. The Kier molecular flexibility index (Phi) is 4.97. The standard InChI is InChI=1S/C19H25N5O2/c1-24-12-20-11-17(24)18-22-15(13-6-8-26-9-7-13)10-16(23-18)19(25)21-14-4-2-3-5-14/h10-14H,2-9H2,1H3,(H,21,25). The van der Waals surface area contributed by atoms with Gasteiger partial charge in [0.25, 0.3) is 5.91 Å². The van der Waals surface area contributed by atoms with Gasteiger partial charge >= 0.3 is 0 Å². The van der Waals surface area contributed by atoms with Gasteiger partial charge in [0, 0.05) is 37.9 Å². The molecule has 0 unspecified atom stereocenters. The zero-order valence-corrected chi connectivity index (χ0v) is 15.1. The summed E-state index contributed by atoms with van der Waals surface area (Å²) in [5, 5.41) is 3.14. The van der Waals surface area contributed by atoms with Crippen LogP contribution in [0, 0.1) is 0 Å². The fourth-order valence-electron chi connectivity index (χ4n) is 3.80. The van der Waals surface area contributed by atoms with E-state index >= 15 is 0 Å². The molecule has 26 heavy (non-hydrogen) atoms. The van der Waals surface area contributed by atoms with Crippen molar-refractivity contribution in [1.82, 2.24) is 24.8 Å². The molecule has 0 radical (unpaired) electrons. The molecule has 0 atom stereocenters. The molecular formula is C19H25N5O2. The van der Waals surface area contributed by atoms with E-state index in [0.717, 1.165) is 50.3 Å². The Bertz CT molecular complexity index is 776. The molecular weight excluding hydrogens is 330 g/mol. The van der Waals surface area contributed by atoms with E-state index in [2.05, 4.69) is 15.3 Å². The fraction of sp³-hybridized carbons (Fsp3) is 0.579. The molecule has 2 fully saturated rings. The highest BCUT2D eigenvalue weighted by Gasteiger charge is 2.24. The number of carbonyl (C=O) groups excluding carboxylic acids is 1. The number of imidazole rings is 1. The highest BCUT2D eigenvalue weighted by molar-refractivity contribution is 5.93. The zero-order chi connectivity index (χ0) is 17.9. The van der Waals surface area contributed by atoms with Crippen molar-refractivity contribution in [3.8, 4) is 11.5 Å². The van der Waals surface area contributed by atoms with Crippen LogP contribution in [0.15, 0.2) is 18.6 Å². The zero-order valence-electron chi connectivity index (χ0n) is 15.1. The van der Waals surface area contributed by atoms with Gasteiger partial charge < -0.3 is 14.6 Å². The Morgan fingerprint density at radius 3 is 2.65 bits per heavy atom. The number of carbonyl (C=O) groups is 1. The first-order valence-corrected chi connectivity index (χ1v) is 9.45. The van der Waals surface area contributed by atoms with E-state index in [1.165, 1.54) is 12.8 Å². The van der Waals surface area contributed by atoms with Crippen LogP contribution < -0.4 is 5.32 Å². The minimum absolute atomic E-state index is 0.101.